The number of hydrogen-bond acceptors (Lipinski definition) is 6. The third kappa shape index (κ3) is 3.80. The number of rotatable bonds is 5. The molecular formula is C27H23N5O2. The summed E-state index contributed by atoms with van der Waals surface area (Å²) in [6.07, 6.45) is 0. The first kappa shape index (κ1) is 21.4. The van der Waals surface area contributed by atoms with Gasteiger partial charge in [0.2, 0.25) is 0 Å². The summed E-state index contributed by atoms with van der Waals surface area (Å²) in [6.45, 7) is 5.29. The lowest BCUT2D eigenvalue weighted by Crippen LogP contribution is -2.19. The minimum Gasteiger partial charge on any atom is -0.478 e. The molecule has 1 unspecified atom stereocenters. The van der Waals surface area contributed by atoms with Crippen LogP contribution >= 0.6 is 0 Å². The molecule has 1 atom stereocenters. The Bertz CT molecular complexity index is 1450. The molecule has 0 spiro atoms. The van der Waals surface area contributed by atoms with Gasteiger partial charge in [-0.25, -0.2) is 14.8 Å². The van der Waals surface area contributed by atoms with Gasteiger partial charge in [-0.05, 0) is 48.7 Å². The molecule has 1 aromatic heterocycles. The van der Waals surface area contributed by atoms with Crippen LogP contribution in [-0.4, -0.2) is 21.0 Å². The van der Waals surface area contributed by atoms with E-state index in [2.05, 4.69) is 33.4 Å². The van der Waals surface area contributed by atoms with Gasteiger partial charge in [0.25, 0.3) is 0 Å². The molecule has 4 aromatic rings. The van der Waals surface area contributed by atoms with E-state index >= 15 is 0 Å². The fourth-order valence-electron chi connectivity index (χ4n) is 4.54. The van der Waals surface area contributed by atoms with Gasteiger partial charge < -0.3 is 15.3 Å². The highest BCUT2D eigenvalue weighted by atomic mass is 16.4. The van der Waals surface area contributed by atoms with Crippen LogP contribution in [0.5, 0.6) is 0 Å². The van der Waals surface area contributed by atoms with Crippen LogP contribution in [0.25, 0.3) is 11.0 Å². The summed E-state index contributed by atoms with van der Waals surface area (Å²) in [7, 11) is 0. The molecule has 1 aliphatic rings. The van der Waals surface area contributed by atoms with Crippen molar-refractivity contribution in [2.24, 2.45) is 0 Å². The number of hydrogen-bond donors (Lipinski definition) is 2. The minimum absolute atomic E-state index is 0.208. The molecule has 3 aromatic carbocycles. The maximum Gasteiger partial charge on any atom is 0.337 e. The second-order valence-corrected chi connectivity index (χ2v) is 8.57. The molecule has 34 heavy (non-hydrogen) atoms. The molecule has 0 saturated heterocycles. The SMILES string of the molecule is Cc1cc(C(C)Nc2ccccc2C(=O)O)c2nc(N3Cc4ccccc4C3)c(C#N)nc2c1. The van der Waals surface area contributed by atoms with Gasteiger partial charge >= 0.3 is 5.97 Å². The normalized spacial score (nSPS) is 13.4. The van der Waals surface area contributed by atoms with Crippen molar-refractivity contribution in [2.45, 2.75) is 33.0 Å². The van der Waals surface area contributed by atoms with Crippen molar-refractivity contribution < 1.29 is 9.90 Å². The van der Waals surface area contributed by atoms with Gasteiger partial charge in [0, 0.05) is 24.3 Å². The Balaban J connectivity index is 1.58. The van der Waals surface area contributed by atoms with Gasteiger partial charge in [0.1, 0.15) is 6.07 Å². The molecule has 2 N–H and O–H groups in total. The van der Waals surface area contributed by atoms with E-state index in [4.69, 9.17) is 4.98 Å². The third-order valence-corrected chi connectivity index (χ3v) is 6.17. The smallest absolute Gasteiger partial charge is 0.337 e. The van der Waals surface area contributed by atoms with Crippen molar-refractivity contribution in [3.8, 4) is 6.07 Å². The Labute approximate surface area is 197 Å². The number of aromatic carboxylic acids is 1. The van der Waals surface area contributed by atoms with E-state index in [9.17, 15) is 15.2 Å². The Kier molecular flexibility index (Phi) is 5.34. The Morgan fingerprint density at radius 2 is 1.76 bits per heavy atom. The summed E-state index contributed by atoms with van der Waals surface area (Å²) in [5.74, 6) is -0.423. The zero-order valence-corrected chi connectivity index (χ0v) is 18.9. The van der Waals surface area contributed by atoms with Crippen molar-refractivity contribution >= 4 is 28.5 Å². The maximum atomic E-state index is 11.7. The fraction of sp³-hybridized carbons (Fsp3) is 0.185. The number of nitriles is 1. The molecule has 2 heterocycles. The molecule has 7 heteroatoms. The number of carbonyl (C=O) groups is 1. The number of carboxylic acid groups (broad SMARTS) is 1. The van der Waals surface area contributed by atoms with Crippen molar-refractivity contribution in [3.63, 3.8) is 0 Å². The van der Waals surface area contributed by atoms with Crippen LogP contribution in [0.15, 0.2) is 60.7 Å². The second kappa shape index (κ2) is 8.49. The molecule has 1 aliphatic heterocycles. The molecule has 0 fully saturated rings. The number of aryl methyl sites for hydroxylation is 1. The number of aromatic nitrogens is 2. The topological polar surface area (TPSA) is 102 Å². The summed E-state index contributed by atoms with van der Waals surface area (Å²) in [6, 6.07) is 21.0. The molecule has 5 rings (SSSR count). The first-order chi connectivity index (χ1) is 16.4. The molecule has 168 valence electrons. The lowest BCUT2D eigenvalue weighted by molar-refractivity contribution is 0.0698. The van der Waals surface area contributed by atoms with E-state index in [1.54, 1.807) is 24.3 Å². The number of anilines is 2. The van der Waals surface area contributed by atoms with Gasteiger partial charge in [-0.15, -0.1) is 0 Å². The van der Waals surface area contributed by atoms with Gasteiger partial charge in [0.05, 0.1) is 22.6 Å². The summed E-state index contributed by atoms with van der Waals surface area (Å²) in [4.78, 5) is 23.4. The zero-order chi connectivity index (χ0) is 23.8. The molecule has 0 aliphatic carbocycles. The van der Waals surface area contributed by atoms with E-state index in [1.807, 2.05) is 38.1 Å². The predicted molar refractivity (Wildman–Crippen MR) is 131 cm³/mol. The number of nitrogens with one attached hydrogen (secondary N) is 1. The largest absolute Gasteiger partial charge is 0.478 e. The molecule has 7 nitrogen and oxygen atoms in total. The van der Waals surface area contributed by atoms with Crippen molar-refractivity contribution in [2.75, 3.05) is 10.2 Å². The van der Waals surface area contributed by atoms with E-state index in [0.717, 1.165) is 11.1 Å². The number of benzene rings is 3. The average molecular weight is 450 g/mol. The third-order valence-electron chi connectivity index (χ3n) is 6.17. The van der Waals surface area contributed by atoms with Crippen LogP contribution in [-0.2, 0) is 13.1 Å². The van der Waals surface area contributed by atoms with Gasteiger partial charge in [0.15, 0.2) is 11.5 Å². The zero-order valence-electron chi connectivity index (χ0n) is 18.9. The molecule has 0 amide bonds. The first-order valence-corrected chi connectivity index (χ1v) is 11.1. The van der Waals surface area contributed by atoms with Crippen LogP contribution in [0, 0.1) is 18.3 Å². The van der Waals surface area contributed by atoms with Crippen LogP contribution < -0.4 is 10.2 Å². The van der Waals surface area contributed by atoms with E-state index in [0.29, 0.717) is 41.3 Å². The lowest BCUT2D eigenvalue weighted by atomic mass is 10.0. The van der Waals surface area contributed by atoms with Crippen molar-refractivity contribution in [1.29, 1.82) is 5.26 Å². The quantitative estimate of drug-likeness (QED) is 0.432. The average Bonchev–Trinajstić information content (AvgIpc) is 3.27. The highest BCUT2D eigenvalue weighted by molar-refractivity contribution is 5.94. The Hall–Kier alpha value is -4.44. The Morgan fingerprint density at radius 3 is 2.44 bits per heavy atom. The number of fused-ring (bicyclic) bond motifs is 2. The number of nitrogens with zero attached hydrogens (tertiary/aromatic N) is 4. The monoisotopic (exact) mass is 449 g/mol. The molecular weight excluding hydrogens is 426 g/mol. The summed E-state index contributed by atoms with van der Waals surface area (Å²) in [5.41, 5.74) is 6.71. The van der Waals surface area contributed by atoms with Gasteiger partial charge in [-0.2, -0.15) is 5.26 Å². The fourth-order valence-corrected chi connectivity index (χ4v) is 4.54. The van der Waals surface area contributed by atoms with Crippen LogP contribution in [0.2, 0.25) is 0 Å². The lowest BCUT2D eigenvalue weighted by Gasteiger charge is -2.22. The minimum atomic E-state index is -0.987. The highest BCUT2D eigenvalue weighted by Gasteiger charge is 2.25. The highest BCUT2D eigenvalue weighted by Crippen LogP contribution is 2.33. The summed E-state index contributed by atoms with van der Waals surface area (Å²) in [5, 5.41) is 22.7. The Morgan fingerprint density at radius 1 is 1.09 bits per heavy atom. The number of para-hydroxylation sites is 1. The maximum absolute atomic E-state index is 11.7. The molecule has 0 bridgehead atoms. The number of carboxylic acids is 1. The van der Waals surface area contributed by atoms with Crippen LogP contribution in [0.4, 0.5) is 11.5 Å². The van der Waals surface area contributed by atoms with E-state index < -0.39 is 5.97 Å². The second-order valence-electron chi connectivity index (χ2n) is 8.57. The van der Waals surface area contributed by atoms with Crippen molar-refractivity contribution in [3.05, 3.63) is 94.2 Å². The van der Waals surface area contributed by atoms with Gasteiger partial charge in [-0.3, -0.25) is 0 Å². The van der Waals surface area contributed by atoms with Gasteiger partial charge in [-0.1, -0.05) is 42.5 Å². The summed E-state index contributed by atoms with van der Waals surface area (Å²) >= 11 is 0. The predicted octanol–water partition coefficient (Wildman–Crippen LogP) is 5.20. The summed E-state index contributed by atoms with van der Waals surface area (Å²) < 4.78 is 0. The first-order valence-electron chi connectivity index (χ1n) is 11.1. The standard InChI is InChI=1S/C27H23N5O2/c1-16-11-21(17(2)29-22-10-6-5-9-20(22)27(33)34)25-23(12-16)30-24(13-28)26(31-25)32-14-18-7-3-4-8-19(18)15-32/h3-12,17,29H,14-15H2,1-2H3,(H,33,34). The molecule has 0 radical (unpaired) electrons. The van der Waals surface area contributed by atoms with E-state index in [1.165, 1.54) is 11.1 Å². The van der Waals surface area contributed by atoms with Crippen molar-refractivity contribution in [1.82, 2.24) is 9.97 Å². The van der Waals surface area contributed by atoms with E-state index in [-0.39, 0.29) is 11.6 Å². The van der Waals surface area contributed by atoms with Crippen LogP contribution in [0.1, 0.15) is 51.3 Å². The molecule has 0 saturated carbocycles. The van der Waals surface area contributed by atoms with Crippen LogP contribution in [0.3, 0.4) is 0 Å².